The Balaban J connectivity index is 2.23. The molecule has 6 heteroatoms. The lowest BCUT2D eigenvalue weighted by atomic mass is 10.2. The van der Waals surface area contributed by atoms with Crippen LogP contribution in [0.2, 0.25) is 0 Å². The maximum Gasteiger partial charge on any atom is 0.259 e. The molecule has 0 spiro atoms. The SMILES string of the molecule is Nc1ccc(F)c(C(=O)Nc2cnccn2)c1. The number of hydrogen-bond donors (Lipinski definition) is 2. The first-order chi connectivity index (χ1) is 8.16. The lowest BCUT2D eigenvalue weighted by Crippen LogP contribution is -2.15. The molecule has 1 heterocycles. The van der Waals surface area contributed by atoms with Crippen molar-refractivity contribution in [2.75, 3.05) is 11.1 Å². The molecule has 0 aliphatic rings. The van der Waals surface area contributed by atoms with Gasteiger partial charge in [0.1, 0.15) is 5.82 Å². The summed E-state index contributed by atoms with van der Waals surface area (Å²) in [5.41, 5.74) is 5.67. The number of nitrogens with two attached hydrogens (primary N) is 1. The highest BCUT2D eigenvalue weighted by atomic mass is 19.1. The van der Waals surface area contributed by atoms with E-state index in [1.165, 1.54) is 30.7 Å². The van der Waals surface area contributed by atoms with Crippen molar-refractivity contribution >= 4 is 17.4 Å². The van der Waals surface area contributed by atoms with Gasteiger partial charge in [0, 0.05) is 18.1 Å². The molecule has 3 N–H and O–H groups in total. The third kappa shape index (κ3) is 2.54. The number of anilines is 2. The molecule has 2 rings (SSSR count). The normalized spacial score (nSPS) is 9.94. The van der Waals surface area contributed by atoms with Gasteiger partial charge in [-0.15, -0.1) is 0 Å². The van der Waals surface area contributed by atoms with E-state index in [0.29, 0.717) is 5.69 Å². The van der Waals surface area contributed by atoms with Crippen molar-refractivity contribution in [3.8, 4) is 0 Å². The van der Waals surface area contributed by atoms with E-state index in [1.807, 2.05) is 0 Å². The number of carbonyl (C=O) groups excluding carboxylic acids is 1. The Morgan fingerprint density at radius 2 is 2.18 bits per heavy atom. The lowest BCUT2D eigenvalue weighted by molar-refractivity contribution is 0.102. The van der Waals surface area contributed by atoms with Crippen molar-refractivity contribution in [1.29, 1.82) is 0 Å². The molecule has 1 amide bonds. The first-order valence-corrected chi connectivity index (χ1v) is 4.79. The summed E-state index contributed by atoms with van der Waals surface area (Å²) < 4.78 is 13.4. The number of aromatic nitrogens is 2. The van der Waals surface area contributed by atoms with Crippen LogP contribution in [0.5, 0.6) is 0 Å². The molecular formula is C11H9FN4O. The molecule has 0 saturated carbocycles. The van der Waals surface area contributed by atoms with Gasteiger partial charge in [-0.05, 0) is 18.2 Å². The van der Waals surface area contributed by atoms with Gasteiger partial charge in [-0.3, -0.25) is 9.78 Å². The molecule has 0 aliphatic carbocycles. The Labute approximate surface area is 96.5 Å². The third-order valence-corrected chi connectivity index (χ3v) is 2.04. The van der Waals surface area contributed by atoms with E-state index in [0.717, 1.165) is 6.07 Å². The molecule has 86 valence electrons. The molecular weight excluding hydrogens is 223 g/mol. The molecule has 1 aromatic heterocycles. The second-order valence-electron chi connectivity index (χ2n) is 3.28. The van der Waals surface area contributed by atoms with E-state index in [4.69, 9.17) is 5.73 Å². The predicted octanol–water partition coefficient (Wildman–Crippen LogP) is 1.45. The Hall–Kier alpha value is -2.50. The van der Waals surface area contributed by atoms with Gasteiger partial charge in [0.15, 0.2) is 5.82 Å². The number of halogens is 1. The van der Waals surface area contributed by atoms with Crippen LogP contribution in [0.15, 0.2) is 36.8 Å². The number of nitrogens with one attached hydrogen (secondary N) is 1. The largest absolute Gasteiger partial charge is 0.399 e. The maximum absolute atomic E-state index is 13.4. The summed E-state index contributed by atoms with van der Waals surface area (Å²) in [5.74, 6) is -1.00. The molecule has 17 heavy (non-hydrogen) atoms. The van der Waals surface area contributed by atoms with Crippen LogP contribution in [0.25, 0.3) is 0 Å². The summed E-state index contributed by atoms with van der Waals surface area (Å²) >= 11 is 0. The minimum atomic E-state index is -0.638. The van der Waals surface area contributed by atoms with Crippen LogP contribution in [0.4, 0.5) is 15.9 Å². The number of amides is 1. The summed E-state index contributed by atoms with van der Waals surface area (Å²) in [7, 11) is 0. The monoisotopic (exact) mass is 232 g/mol. The fourth-order valence-electron chi connectivity index (χ4n) is 1.26. The molecule has 2 aromatic rings. The molecule has 5 nitrogen and oxygen atoms in total. The fourth-order valence-corrected chi connectivity index (χ4v) is 1.26. The van der Waals surface area contributed by atoms with Gasteiger partial charge in [-0.2, -0.15) is 0 Å². The van der Waals surface area contributed by atoms with Crippen molar-refractivity contribution in [2.24, 2.45) is 0 Å². The Morgan fingerprint density at radius 1 is 1.35 bits per heavy atom. The second kappa shape index (κ2) is 4.56. The Morgan fingerprint density at radius 3 is 2.88 bits per heavy atom. The second-order valence-corrected chi connectivity index (χ2v) is 3.28. The molecule has 0 bridgehead atoms. The molecule has 1 aromatic carbocycles. The van der Waals surface area contributed by atoms with E-state index >= 15 is 0 Å². The first kappa shape index (κ1) is 11.0. The molecule has 0 saturated heterocycles. The van der Waals surface area contributed by atoms with Crippen molar-refractivity contribution in [3.63, 3.8) is 0 Å². The predicted molar refractivity (Wildman–Crippen MR) is 60.8 cm³/mol. The zero-order chi connectivity index (χ0) is 12.3. The average Bonchev–Trinajstić information content (AvgIpc) is 2.33. The van der Waals surface area contributed by atoms with Crippen LogP contribution >= 0.6 is 0 Å². The van der Waals surface area contributed by atoms with Crippen LogP contribution in [-0.4, -0.2) is 15.9 Å². The van der Waals surface area contributed by atoms with Crippen LogP contribution in [0.1, 0.15) is 10.4 Å². The summed E-state index contributed by atoms with van der Waals surface area (Å²) in [6.07, 6.45) is 4.25. The molecule has 0 fully saturated rings. The van der Waals surface area contributed by atoms with Gasteiger partial charge in [-0.1, -0.05) is 0 Å². The number of nitrogens with zero attached hydrogens (tertiary/aromatic N) is 2. The van der Waals surface area contributed by atoms with E-state index in [9.17, 15) is 9.18 Å². The zero-order valence-electron chi connectivity index (χ0n) is 8.72. The fraction of sp³-hybridized carbons (Fsp3) is 0. The summed E-state index contributed by atoms with van der Waals surface area (Å²) in [6.45, 7) is 0. The smallest absolute Gasteiger partial charge is 0.259 e. The summed E-state index contributed by atoms with van der Waals surface area (Å²) in [6, 6.07) is 3.79. The molecule has 0 radical (unpaired) electrons. The van der Waals surface area contributed by atoms with E-state index in [2.05, 4.69) is 15.3 Å². The van der Waals surface area contributed by atoms with Gasteiger partial charge in [0.25, 0.3) is 5.91 Å². The van der Waals surface area contributed by atoms with Gasteiger partial charge >= 0.3 is 0 Å². The van der Waals surface area contributed by atoms with Crippen molar-refractivity contribution in [3.05, 3.63) is 48.2 Å². The maximum atomic E-state index is 13.4. The summed E-state index contributed by atoms with van der Waals surface area (Å²) in [4.78, 5) is 19.3. The van der Waals surface area contributed by atoms with E-state index < -0.39 is 11.7 Å². The Kier molecular flexibility index (Phi) is 2.95. The van der Waals surface area contributed by atoms with Crippen LogP contribution in [0.3, 0.4) is 0 Å². The zero-order valence-corrected chi connectivity index (χ0v) is 8.72. The third-order valence-electron chi connectivity index (χ3n) is 2.04. The minimum absolute atomic E-state index is 0.129. The lowest BCUT2D eigenvalue weighted by Gasteiger charge is -2.05. The number of rotatable bonds is 2. The quantitative estimate of drug-likeness (QED) is 0.768. The van der Waals surface area contributed by atoms with Crippen molar-refractivity contribution < 1.29 is 9.18 Å². The van der Waals surface area contributed by atoms with Gasteiger partial charge in [-0.25, -0.2) is 9.37 Å². The average molecular weight is 232 g/mol. The van der Waals surface area contributed by atoms with Gasteiger partial charge in [0.2, 0.25) is 0 Å². The molecule has 0 aliphatic heterocycles. The van der Waals surface area contributed by atoms with E-state index in [-0.39, 0.29) is 11.4 Å². The van der Waals surface area contributed by atoms with Crippen LogP contribution in [0, 0.1) is 5.82 Å². The minimum Gasteiger partial charge on any atom is -0.399 e. The number of hydrogen-bond acceptors (Lipinski definition) is 4. The standard InChI is InChI=1S/C11H9FN4O/c12-9-2-1-7(13)5-8(9)11(17)16-10-6-14-3-4-15-10/h1-6H,13H2,(H,15,16,17). The van der Waals surface area contributed by atoms with Crippen LogP contribution in [-0.2, 0) is 0 Å². The Bertz CT molecular complexity index is 544. The van der Waals surface area contributed by atoms with Gasteiger partial charge in [0.05, 0.1) is 11.8 Å². The van der Waals surface area contributed by atoms with Crippen molar-refractivity contribution in [2.45, 2.75) is 0 Å². The topological polar surface area (TPSA) is 80.9 Å². The summed E-state index contributed by atoms with van der Waals surface area (Å²) in [5, 5.41) is 2.42. The first-order valence-electron chi connectivity index (χ1n) is 4.79. The number of nitrogen functional groups attached to an aromatic ring is 1. The highest BCUT2D eigenvalue weighted by Crippen LogP contribution is 2.13. The van der Waals surface area contributed by atoms with Gasteiger partial charge < -0.3 is 11.1 Å². The number of carbonyl (C=O) groups is 1. The number of benzene rings is 1. The highest BCUT2D eigenvalue weighted by Gasteiger charge is 2.12. The highest BCUT2D eigenvalue weighted by molar-refractivity contribution is 6.04. The van der Waals surface area contributed by atoms with Crippen molar-refractivity contribution in [1.82, 2.24) is 9.97 Å². The molecule has 0 atom stereocenters. The van der Waals surface area contributed by atoms with Crippen LogP contribution < -0.4 is 11.1 Å². The van der Waals surface area contributed by atoms with E-state index in [1.54, 1.807) is 0 Å². The molecule has 0 unspecified atom stereocenters.